The molecule has 0 fully saturated rings. The first-order chi connectivity index (χ1) is 6.35. The fourth-order valence-electron chi connectivity index (χ4n) is 1.21. The Balaban J connectivity index is 3.25. The van der Waals surface area contributed by atoms with Gasteiger partial charge < -0.3 is 9.16 Å². The monoisotopic (exact) mass is 204 g/mol. The van der Waals surface area contributed by atoms with Gasteiger partial charge in [0, 0.05) is 6.61 Å². The first kappa shape index (κ1) is 13.1. The molecule has 13 heavy (non-hydrogen) atoms. The van der Waals surface area contributed by atoms with Crippen molar-refractivity contribution in [3.05, 3.63) is 0 Å². The second-order valence-electron chi connectivity index (χ2n) is 3.39. The van der Waals surface area contributed by atoms with E-state index in [0.717, 1.165) is 23.5 Å². The summed E-state index contributed by atoms with van der Waals surface area (Å²) in [5.41, 5.74) is 0. The molecule has 0 amide bonds. The van der Waals surface area contributed by atoms with Crippen molar-refractivity contribution < 1.29 is 9.16 Å². The van der Waals surface area contributed by atoms with E-state index in [-0.39, 0.29) is 6.29 Å². The fourth-order valence-corrected chi connectivity index (χ4v) is 1.58. The third-order valence-corrected chi connectivity index (χ3v) is 2.63. The van der Waals surface area contributed by atoms with Crippen LogP contribution >= 0.6 is 0 Å². The minimum Gasteiger partial charge on any atom is -0.404 e. The summed E-state index contributed by atoms with van der Waals surface area (Å²) in [6.45, 7) is 5.27. The smallest absolute Gasteiger partial charge is 0.149 e. The fraction of sp³-hybridized carbons (Fsp3) is 1.00. The van der Waals surface area contributed by atoms with Crippen LogP contribution in [0, 0.1) is 0 Å². The SMILES string of the molecule is CCCCCOC(CCCC)O[SiH3]. The number of hydrogen-bond donors (Lipinski definition) is 0. The van der Waals surface area contributed by atoms with Gasteiger partial charge in [-0.2, -0.15) is 0 Å². The van der Waals surface area contributed by atoms with Crippen LogP contribution in [0.15, 0.2) is 0 Å². The molecule has 0 N–H and O–H groups in total. The minimum atomic E-state index is 0.0865. The van der Waals surface area contributed by atoms with Crippen LogP contribution in [0.25, 0.3) is 0 Å². The van der Waals surface area contributed by atoms with Gasteiger partial charge in [-0.3, -0.25) is 0 Å². The van der Waals surface area contributed by atoms with Gasteiger partial charge in [-0.15, -0.1) is 0 Å². The van der Waals surface area contributed by atoms with Gasteiger partial charge in [0.25, 0.3) is 0 Å². The molecule has 0 aliphatic heterocycles. The largest absolute Gasteiger partial charge is 0.404 e. The molecule has 0 spiro atoms. The van der Waals surface area contributed by atoms with E-state index in [1.165, 1.54) is 32.1 Å². The normalized spacial score (nSPS) is 13.4. The first-order valence-corrected chi connectivity index (χ1v) is 6.31. The van der Waals surface area contributed by atoms with Gasteiger partial charge in [-0.05, 0) is 19.3 Å². The highest BCUT2D eigenvalue weighted by Gasteiger charge is 2.04. The highest BCUT2D eigenvalue weighted by molar-refractivity contribution is 5.98. The van der Waals surface area contributed by atoms with E-state index >= 15 is 0 Å². The van der Waals surface area contributed by atoms with E-state index in [4.69, 9.17) is 9.16 Å². The molecule has 0 heterocycles. The third kappa shape index (κ3) is 8.47. The van der Waals surface area contributed by atoms with Gasteiger partial charge in [0.05, 0.1) is 0 Å². The second kappa shape index (κ2) is 10.2. The molecule has 1 unspecified atom stereocenters. The summed E-state index contributed by atoms with van der Waals surface area (Å²) in [6, 6.07) is 0. The molecule has 0 aliphatic carbocycles. The zero-order chi connectivity index (χ0) is 9.94. The predicted molar refractivity (Wildman–Crippen MR) is 59.8 cm³/mol. The molecule has 0 saturated heterocycles. The Kier molecular flexibility index (Phi) is 10.3. The van der Waals surface area contributed by atoms with Gasteiger partial charge in [-0.25, -0.2) is 0 Å². The van der Waals surface area contributed by atoms with E-state index < -0.39 is 0 Å². The quantitative estimate of drug-likeness (QED) is 0.325. The predicted octanol–water partition coefficient (Wildman–Crippen LogP) is 2.01. The average molecular weight is 204 g/mol. The maximum absolute atomic E-state index is 5.61. The molecule has 0 aliphatic rings. The Hall–Kier alpha value is 0.137. The van der Waals surface area contributed by atoms with E-state index in [9.17, 15) is 0 Å². The summed E-state index contributed by atoms with van der Waals surface area (Å²) in [7, 11) is 0.783. The van der Waals surface area contributed by atoms with Crippen molar-refractivity contribution in [3.8, 4) is 0 Å². The van der Waals surface area contributed by atoms with Crippen molar-refractivity contribution in [2.45, 2.75) is 58.7 Å². The Morgan fingerprint density at radius 1 is 1.08 bits per heavy atom. The lowest BCUT2D eigenvalue weighted by atomic mass is 10.2. The van der Waals surface area contributed by atoms with Crippen LogP contribution in [0.3, 0.4) is 0 Å². The molecule has 2 nitrogen and oxygen atoms in total. The van der Waals surface area contributed by atoms with Gasteiger partial charge in [0.1, 0.15) is 16.8 Å². The lowest BCUT2D eigenvalue weighted by Gasteiger charge is -2.16. The molecule has 80 valence electrons. The van der Waals surface area contributed by atoms with Crippen molar-refractivity contribution in [3.63, 3.8) is 0 Å². The summed E-state index contributed by atoms with van der Waals surface area (Å²) < 4.78 is 11.0. The van der Waals surface area contributed by atoms with E-state index in [1.54, 1.807) is 0 Å². The van der Waals surface area contributed by atoms with Crippen molar-refractivity contribution >= 4 is 10.5 Å². The molecule has 0 aromatic carbocycles. The summed E-state index contributed by atoms with van der Waals surface area (Å²) >= 11 is 0. The van der Waals surface area contributed by atoms with Crippen LogP contribution in [-0.2, 0) is 9.16 Å². The van der Waals surface area contributed by atoms with Crippen LogP contribution in [0.1, 0.15) is 52.4 Å². The minimum absolute atomic E-state index is 0.0865. The molecule has 3 heteroatoms. The third-order valence-electron chi connectivity index (χ3n) is 2.11. The summed E-state index contributed by atoms with van der Waals surface area (Å²) in [4.78, 5) is 0. The zero-order valence-corrected chi connectivity index (χ0v) is 11.3. The van der Waals surface area contributed by atoms with Gasteiger partial charge in [0.15, 0.2) is 0 Å². The van der Waals surface area contributed by atoms with Crippen molar-refractivity contribution in [1.29, 1.82) is 0 Å². The molecular formula is C10H24O2Si. The highest BCUT2D eigenvalue weighted by atomic mass is 28.2. The van der Waals surface area contributed by atoms with Crippen LogP contribution in [0.2, 0.25) is 0 Å². The molecule has 0 saturated carbocycles. The van der Waals surface area contributed by atoms with E-state index in [2.05, 4.69) is 13.8 Å². The topological polar surface area (TPSA) is 18.5 Å². The van der Waals surface area contributed by atoms with Crippen LogP contribution < -0.4 is 0 Å². The Bertz CT molecular complexity index is 98.9. The molecule has 0 radical (unpaired) electrons. The standard InChI is InChI=1S/C10H24O2Si/c1-3-5-7-9-11-10(12-13)8-6-4-2/h10H,3-9H2,1-2,13H3. The number of hydrogen-bond acceptors (Lipinski definition) is 2. The van der Waals surface area contributed by atoms with Crippen LogP contribution in [0.4, 0.5) is 0 Å². The zero-order valence-electron chi connectivity index (χ0n) is 9.34. The van der Waals surface area contributed by atoms with Gasteiger partial charge >= 0.3 is 0 Å². The Morgan fingerprint density at radius 3 is 2.31 bits per heavy atom. The van der Waals surface area contributed by atoms with Crippen molar-refractivity contribution in [2.24, 2.45) is 0 Å². The number of ether oxygens (including phenoxy) is 1. The molecular weight excluding hydrogens is 180 g/mol. The van der Waals surface area contributed by atoms with Crippen LogP contribution in [0.5, 0.6) is 0 Å². The molecule has 0 rings (SSSR count). The van der Waals surface area contributed by atoms with Gasteiger partial charge in [0.2, 0.25) is 0 Å². The number of rotatable bonds is 9. The summed E-state index contributed by atoms with van der Waals surface area (Å²) in [6.07, 6.45) is 7.27. The summed E-state index contributed by atoms with van der Waals surface area (Å²) in [5.74, 6) is 0. The maximum Gasteiger partial charge on any atom is 0.149 e. The van der Waals surface area contributed by atoms with Crippen LogP contribution in [-0.4, -0.2) is 23.4 Å². The van der Waals surface area contributed by atoms with Crippen molar-refractivity contribution in [1.82, 2.24) is 0 Å². The van der Waals surface area contributed by atoms with Gasteiger partial charge in [-0.1, -0.05) is 33.1 Å². The maximum atomic E-state index is 5.61. The molecule has 1 atom stereocenters. The lowest BCUT2D eigenvalue weighted by molar-refractivity contribution is -0.0829. The van der Waals surface area contributed by atoms with Crippen molar-refractivity contribution in [2.75, 3.05) is 6.61 Å². The number of unbranched alkanes of at least 4 members (excludes halogenated alkanes) is 3. The second-order valence-corrected chi connectivity index (χ2v) is 3.86. The molecule has 0 bridgehead atoms. The highest BCUT2D eigenvalue weighted by Crippen LogP contribution is 2.06. The summed E-state index contributed by atoms with van der Waals surface area (Å²) in [5, 5.41) is 0. The average Bonchev–Trinajstić information content (AvgIpc) is 2.17. The van der Waals surface area contributed by atoms with E-state index in [0.29, 0.717) is 0 Å². The Morgan fingerprint density at radius 2 is 1.77 bits per heavy atom. The Labute approximate surface area is 85.5 Å². The first-order valence-electron chi connectivity index (χ1n) is 5.49. The lowest BCUT2D eigenvalue weighted by Crippen LogP contribution is -2.16. The van der Waals surface area contributed by atoms with E-state index in [1.807, 2.05) is 0 Å². The molecule has 0 aromatic heterocycles. The molecule has 0 aromatic rings.